The van der Waals surface area contributed by atoms with E-state index in [1.54, 1.807) is 62.9 Å². The Balaban J connectivity index is 1.57. The highest BCUT2D eigenvalue weighted by molar-refractivity contribution is 6.08. The number of ether oxygens (including phenoxy) is 1. The fraction of sp³-hybridized carbons (Fsp3) is 0.233. The number of nitrogens with zero attached hydrogens (tertiary/aromatic N) is 5. The molecule has 0 atom stereocenters. The quantitative estimate of drug-likeness (QED) is 0.346. The highest BCUT2D eigenvalue weighted by Gasteiger charge is 2.43. The van der Waals surface area contributed by atoms with Crippen LogP contribution in [0.2, 0.25) is 0 Å². The Bertz CT molecular complexity index is 1680. The van der Waals surface area contributed by atoms with Crippen LogP contribution in [0.4, 0.5) is 18.9 Å². The van der Waals surface area contributed by atoms with Crippen LogP contribution in [0.15, 0.2) is 67.0 Å². The summed E-state index contributed by atoms with van der Waals surface area (Å²) in [4.78, 5) is 46.3. The van der Waals surface area contributed by atoms with Gasteiger partial charge in [0.1, 0.15) is 11.4 Å². The molecule has 2 aromatic heterocycles. The Hall–Kier alpha value is -5.20. The van der Waals surface area contributed by atoms with Gasteiger partial charge in [0.2, 0.25) is 0 Å². The average Bonchev–Trinajstić information content (AvgIpc) is 3.41. The molecule has 2 aromatic carbocycles. The van der Waals surface area contributed by atoms with Gasteiger partial charge in [0, 0.05) is 56.4 Å². The number of hydrogen-bond acceptors (Lipinski definition) is 6. The van der Waals surface area contributed by atoms with Crippen molar-refractivity contribution < 1.29 is 32.3 Å². The van der Waals surface area contributed by atoms with Gasteiger partial charge in [-0.05, 0) is 60.5 Å². The Labute approximate surface area is 244 Å². The second-order valence-electron chi connectivity index (χ2n) is 9.97. The number of alkyl halides is 3. The first-order chi connectivity index (χ1) is 20.5. The minimum absolute atomic E-state index is 0.0293. The zero-order valence-corrected chi connectivity index (χ0v) is 23.5. The minimum atomic E-state index is -4.85. The normalized spacial score (nSPS) is 13.0. The number of methoxy groups -OCH3 is 1. The zero-order valence-electron chi connectivity index (χ0n) is 23.5. The van der Waals surface area contributed by atoms with Crippen molar-refractivity contribution in [1.29, 1.82) is 0 Å². The maximum Gasteiger partial charge on any atom is 0.435 e. The molecule has 0 saturated carbocycles. The van der Waals surface area contributed by atoms with Crippen molar-refractivity contribution >= 4 is 23.4 Å². The van der Waals surface area contributed by atoms with Crippen LogP contribution in [-0.2, 0) is 19.1 Å². The molecule has 0 bridgehead atoms. The third-order valence-corrected chi connectivity index (χ3v) is 6.97. The van der Waals surface area contributed by atoms with Crippen LogP contribution < -0.4 is 15.0 Å². The predicted molar refractivity (Wildman–Crippen MR) is 150 cm³/mol. The van der Waals surface area contributed by atoms with Gasteiger partial charge in [-0.25, -0.2) is 4.68 Å². The van der Waals surface area contributed by atoms with E-state index < -0.39 is 23.7 Å². The van der Waals surface area contributed by atoms with E-state index in [2.05, 4.69) is 15.4 Å². The summed E-state index contributed by atoms with van der Waals surface area (Å²) in [6.07, 6.45) is -1.82. The summed E-state index contributed by atoms with van der Waals surface area (Å²) in [6.45, 7) is 0.0655. The molecular weight excluding hydrogens is 565 g/mol. The second-order valence-corrected chi connectivity index (χ2v) is 9.97. The molecule has 3 amide bonds. The average molecular weight is 593 g/mol. The van der Waals surface area contributed by atoms with Crippen molar-refractivity contribution in [2.24, 2.45) is 0 Å². The number of pyridine rings is 1. The van der Waals surface area contributed by atoms with Crippen LogP contribution in [0.1, 0.15) is 48.0 Å². The largest absolute Gasteiger partial charge is 0.497 e. The maximum absolute atomic E-state index is 14.2. The Morgan fingerprint density at radius 2 is 1.84 bits per heavy atom. The smallest absolute Gasteiger partial charge is 0.435 e. The molecule has 0 radical (unpaired) electrons. The Morgan fingerprint density at radius 1 is 1.09 bits per heavy atom. The summed E-state index contributed by atoms with van der Waals surface area (Å²) in [5.41, 5.74) is -0.332. The van der Waals surface area contributed by atoms with Gasteiger partial charge in [-0.15, -0.1) is 0 Å². The number of anilines is 1. The van der Waals surface area contributed by atoms with Crippen molar-refractivity contribution in [1.82, 2.24) is 25.0 Å². The number of aromatic nitrogens is 3. The Kier molecular flexibility index (Phi) is 7.89. The van der Waals surface area contributed by atoms with E-state index in [4.69, 9.17) is 4.74 Å². The lowest BCUT2D eigenvalue weighted by molar-refractivity contribution is -0.141. The predicted octanol–water partition coefficient (Wildman–Crippen LogP) is 4.13. The van der Waals surface area contributed by atoms with E-state index in [0.29, 0.717) is 16.8 Å². The van der Waals surface area contributed by atoms with Crippen molar-refractivity contribution in [3.05, 3.63) is 101 Å². The molecule has 3 heterocycles. The second kappa shape index (κ2) is 11.6. The number of carbonyl (C=O) groups is 3. The molecule has 4 aromatic rings. The molecular formula is C30H27F3N6O4. The SMILES string of the molecule is COc1ccc(-n2nc(C(F)(F)F)c3c2C(=O)N(c2ccc(C(=O)N(C)C)cc2)CC3)c(C(=O)NCc2cccnc2)c1. The molecule has 0 spiro atoms. The molecule has 5 rings (SSSR count). The van der Waals surface area contributed by atoms with Gasteiger partial charge in [0.15, 0.2) is 5.69 Å². The van der Waals surface area contributed by atoms with E-state index in [-0.39, 0.29) is 53.7 Å². The summed E-state index contributed by atoms with van der Waals surface area (Å²) in [5.74, 6) is -1.29. The molecule has 222 valence electrons. The fourth-order valence-electron chi connectivity index (χ4n) is 4.84. The van der Waals surface area contributed by atoms with Gasteiger partial charge in [0.25, 0.3) is 17.7 Å². The molecule has 10 nitrogen and oxygen atoms in total. The number of hydrogen-bond donors (Lipinski definition) is 1. The molecule has 0 aliphatic carbocycles. The van der Waals surface area contributed by atoms with Crippen LogP contribution in [0.5, 0.6) is 5.75 Å². The summed E-state index contributed by atoms with van der Waals surface area (Å²) < 4.78 is 48.7. The standard InChI is InChI=1S/C30H27F3N6O4/c1-37(2)28(41)19-6-8-20(9-7-19)38-14-12-22-25(29(38)42)39(36-26(22)30(31,32)33)24-11-10-21(43-3)15-23(24)27(40)35-17-18-5-4-13-34-16-18/h4-11,13,15-16H,12,14,17H2,1-3H3,(H,35,40). The van der Waals surface area contributed by atoms with Gasteiger partial charge >= 0.3 is 6.18 Å². The van der Waals surface area contributed by atoms with Gasteiger partial charge in [0.05, 0.1) is 18.4 Å². The number of halogens is 3. The van der Waals surface area contributed by atoms with Crippen LogP contribution >= 0.6 is 0 Å². The summed E-state index contributed by atoms with van der Waals surface area (Å²) in [5, 5.41) is 6.59. The van der Waals surface area contributed by atoms with Gasteiger partial charge in [-0.1, -0.05) is 6.07 Å². The van der Waals surface area contributed by atoms with Crippen LogP contribution in [-0.4, -0.2) is 65.1 Å². The first kappa shape index (κ1) is 29.3. The van der Waals surface area contributed by atoms with E-state index >= 15 is 0 Å². The van der Waals surface area contributed by atoms with E-state index in [0.717, 1.165) is 4.68 Å². The molecule has 1 aliphatic rings. The molecule has 1 aliphatic heterocycles. The monoisotopic (exact) mass is 592 g/mol. The van der Waals surface area contributed by atoms with Crippen LogP contribution in [0.25, 0.3) is 5.69 Å². The van der Waals surface area contributed by atoms with Crippen molar-refractivity contribution in [3.63, 3.8) is 0 Å². The molecule has 1 N–H and O–H groups in total. The first-order valence-corrected chi connectivity index (χ1v) is 13.2. The lowest BCUT2D eigenvalue weighted by atomic mass is 10.0. The molecule has 13 heteroatoms. The van der Waals surface area contributed by atoms with E-state index in [1.165, 1.54) is 35.1 Å². The van der Waals surface area contributed by atoms with Crippen molar-refractivity contribution in [2.45, 2.75) is 19.1 Å². The summed E-state index contributed by atoms with van der Waals surface area (Å²) in [6, 6.07) is 13.9. The van der Waals surface area contributed by atoms with Crippen molar-refractivity contribution in [2.75, 3.05) is 32.6 Å². The van der Waals surface area contributed by atoms with Crippen LogP contribution in [0, 0.1) is 0 Å². The maximum atomic E-state index is 14.2. The van der Waals surface area contributed by atoms with E-state index in [9.17, 15) is 27.6 Å². The number of nitrogens with one attached hydrogen (secondary N) is 1. The first-order valence-electron chi connectivity index (χ1n) is 13.2. The van der Waals surface area contributed by atoms with Gasteiger partial charge in [-0.3, -0.25) is 19.4 Å². The number of rotatable bonds is 7. The third kappa shape index (κ3) is 5.78. The van der Waals surface area contributed by atoms with E-state index in [1.807, 2.05) is 0 Å². The molecule has 0 saturated heterocycles. The number of benzene rings is 2. The fourth-order valence-corrected chi connectivity index (χ4v) is 4.84. The Morgan fingerprint density at radius 3 is 2.47 bits per heavy atom. The minimum Gasteiger partial charge on any atom is -0.497 e. The molecule has 0 fully saturated rings. The third-order valence-electron chi connectivity index (χ3n) is 6.97. The topological polar surface area (TPSA) is 110 Å². The lowest BCUT2D eigenvalue weighted by Gasteiger charge is -2.28. The highest BCUT2D eigenvalue weighted by Crippen LogP contribution is 2.38. The van der Waals surface area contributed by atoms with Gasteiger partial charge < -0.3 is 19.9 Å². The zero-order chi connectivity index (χ0) is 30.9. The number of fused-ring (bicyclic) bond motifs is 1. The summed E-state index contributed by atoms with van der Waals surface area (Å²) in [7, 11) is 4.61. The molecule has 43 heavy (non-hydrogen) atoms. The van der Waals surface area contributed by atoms with Crippen LogP contribution in [0.3, 0.4) is 0 Å². The highest BCUT2D eigenvalue weighted by atomic mass is 19.4. The number of amides is 3. The van der Waals surface area contributed by atoms with Gasteiger partial charge in [-0.2, -0.15) is 18.3 Å². The summed E-state index contributed by atoms with van der Waals surface area (Å²) >= 11 is 0. The van der Waals surface area contributed by atoms with Crippen molar-refractivity contribution in [3.8, 4) is 11.4 Å². The molecule has 0 unspecified atom stereocenters. The number of carbonyl (C=O) groups excluding carboxylic acids is 3. The lowest BCUT2D eigenvalue weighted by Crippen LogP contribution is -2.39.